The minimum Gasteiger partial charge on any atom is -0.368 e. The Labute approximate surface area is 159 Å². The van der Waals surface area contributed by atoms with Crippen LogP contribution in [0.1, 0.15) is 22.8 Å². The number of hydrogen-bond acceptors (Lipinski definition) is 3. The monoisotopic (exact) mass is 451 g/mol. The van der Waals surface area contributed by atoms with Crippen LogP contribution in [0.3, 0.4) is 0 Å². The molecule has 2 aromatic rings. The molecule has 2 rings (SSSR count). The van der Waals surface area contributed by atoms with E-state index in [2.05, 4.69) is 33.2 Å². The Bertz CT molecular complexity index is 790. The first-order valence-corrected chi connectivity index (χ1v) is 8.65. The van der Waals surface area contributed by atoms with Crippen molar-refractivity contribution in [2.45, 2.75) is 19.4 Å². The van der Waals surface area contributed by atoms with E-state index >= 15 is 0 Å². The van der Waals surface area contributed by atoms with Crippen LogP contribution >= 0.6 is 22.6 Å². The van der Waals surface area contributed by atoms with E-state index in [1.54, 1.807) is 24.3 Å². The number of benzene rings is 2. The Morgan fingerprint density at radius 3 is 2.40 bits per heavy atom. The molecule has 0 aliphatic heterocycles. The molecule has 6 nitrogen and oxygen atoms in total. The van der Waals surface area contributed by atoms with E-state index in [0.717, 1.165) is 9.13 Å². The van der Waals surface area contributed by atoms with E-state index in [1.165, 1.54) is 6.92 Å². The van der Waals surface area contributed by atoms with Crippen LogP contribution in [0.25, 0.3) is 0 Å². The van der Waals surface area contributed by atoms with Crippen molar-refractivity contribution in [3.8, 4) is 0 Å². The van der Waals surface area contributed by atoms with Crippen LogP contribution in [0.4, 0.5) is 5.69 Å². The summed E-state index contributed by atoms with van der Waals surface area (Å²) in [7, 11) is 0. The summed E-state index contributed by atoms with van der Waals surface area (Å²) >= 11 is 2.19. The molecular weight excluding hydrogens is 433 g/mol. The molecular formula is C18H18IN3O3. The number of anilines is 1. The fraction of sp³-hybridized carbons (Fsp3) is 0.167. The lowest BCUT2D eigenvalue weighted by atomic mass is 10.0. The lowest BCUT2D eigenvalue weighted by Crippen LogP contribution is -2.45. The van der Waals surface area contributed by atoms with Gasteiger partial charge in [-0.1, -0.05) is 18.2 Å². The summed E-state index contributed by atoms with van der Waals surface area (Å²) in [6.07, 6.45) is 0.309. The van der Waals surface area contributed by atoms with Crippen molar-refractivity contribution in [3.05, 3.63) is 63.2 Å². The molecule has 0 fully saturated rings. The highest BCUT2D eigenvalue weighted by molar-refractivity contribution is 14.1. The highest BCUT2D eigenvalue weighted by atomic mass is 127. The molecule has 0 spiro atoms. The number of rotatable bonds is 6. The van der Waals surface area contributed by atoms with Crippen LogP contribution in [-0.4, -0.2) is 23.8 Å². The molecule has 0 aliphatic rings. The van der Waals surface area contributed by atoms with Crippen molar-refractivity contribution in [2.75, 3.05) is 5.32 Å². The number of carbonyl (C=O) groups excluding carboxylic acids is 3. The van der Waals surface area contributed by atoms with E-state index in [-0.39, 0.29) is 5.91 Å². The number of nitrogens with two attached hydrogens (primary N) is 1. The molecule has 2 aromatic carbocycles. The second-order valence-electron chi connectivity index (χ2n) is 5.52. The molecule has 0 unspecified atom stereocenters. The topological polar surface area (TPSA) is 101 Å². The molecule has 25 heavy (non-hydrogen) atoms. The van der Waals surface area contributed by atoms with Crippen molar-refractivity contribution in [2.24, 2.45) is 5.73 Å². The van der Waals surface area contributed by atoms with Gasteiger partial charge in [-0.3, -0.25) is 14.4 Å². The highest BCUT2D eigenvalue weighted by Crippen LogP contribution is 2.12. The molecule has 3 amide bonds. The molecule has 0 radical (unpaired) electrons. The average Bonchev–Trinajstić information content (AvgIpc) is 2.55. The summed E-state index contributed by atoms with van der Waals surface area (Å²) in [4.78, 5) is 35.2. The van der Waals surface area contributed by atoms with Crippen LogP contribution in [-0.2, 0) is 16.0 Å². The standard InChI is InChI=1S/C18H18IN3O3/c1-11(23)21-15-4-2-3-13(10-15)18(25)22-16(17(20)24)9-12-5-7-14(19)8-6-12/h2-8,10,16H,9H2,1H3,(H2,20,24)(H,21,23)(H,22,25)/t16-/m1/s1. The van der Waals surface area contributed by atoms with E-state index in [9.17, 15) is 14.4 Å². The number of carbonyl (C=O) groups is 3. The molecule has 1 atom stereocenters. The largest absolute Gasteiger partial charge is 0.368 e. The van der Waals surface area contributed by atoms with Crippen LogP contribution < -0.4 is 16.4 Å². The normalized spacial score (nSPS) is 11.4. The van der Waals surface area contributed by atoms with Gasteiger partial charge in [-0.25, -0.2) is 0 Å². The summed E-state index contributed by atoms with van der Waals surface area (Å²) in [6.45, 7) is 1.39. The van der Waals surface area contributed by atoms with Gasteiger partial charge in [0.1, 0.15) is 6.04 Å². The van der Waals surface area contributed by atoms with Gasteiger partial charge in [-0.15, -0.1) is 0 Å². The first-order chi connectivity index (χ1) is 11.8. The van der Waals surface area contributed by atoms with Crippen LogP contribution in [0.5, 0.6) is 0 Å². The van der Waals surface area contributed by atoms with Gasteiger partial charge >= 0.3 is 0 Å². The third-order valence-corrected chi connectivity index (χ3v) is 4.17. The average molecular weight is 451 g/mol. The Balaban J connectivity index is 2.11. The molecule has 0 saturated heterocycles. The van der Waals surface area contributed by atoms with Gasteiger partial charge in [0.25, 0.3) is 5.91 Å². The van der Waals surface area contributed by atoms with E-state index in [4.69, 9.17) is 5.73 Å². The van der Waals surface area contributed by atoms with Crippen molar-refractivity contribution >= 4 is 46.0 Å². The Morgan fingerprint density at radius 2 is 1.80 bits per heavy atom. The third-order valence-electron chi connectivity index (χ3n) is 3.45. The summed E-state index contributed by atoms with van der Waals surface area (Å²) in [5.74, 6) is -1.27. The zero-order chi connectivity index (χ0) is 18.4. The van der Waals surface area contributed by atoms with Crippen LogP contribution in [0.15, 0.2) is 48.5 Å². The minimum absolute atomic E-state index is 0.230. The highest BCUT2D eigenvalue weighted by Gasteiger charge is 2.19. The molecule has 0 aliphatic carbocycles. The predicted octanol–water partition coefficient (Wildman–Crippen LogP) is 2.08. The van der Waals surface area contributed by atoms with E-state index < -0.39 is 17.9 Å². The van der Waals surface area contributed by atoms with Gasteiger partial charge in [0.05, 0.1) is 0 Å². The van der Waals surface area contributed by atoms with Gasteiger partial charge < -0.3 is 16.4 Å². The molecule has 4 N–H and O–H groups in total. The zero-order valence-electron chi connectivity index (χ0n) is 13.6. The van der Waals surface area contributed by atoms with Gasteiger partial charge in [-0.2, -0.15) is 0 Å². The number of hydrogen-bond donors (Lipinski definition) is 3. The molecule has 0 saturated carbocycles. The van der Waals surface area contributed by atoms with Crippen LogP contribution in [0, 0.1) is 3.57 Å². The van der Waals surface area contributed by atoms with Crippen molar-refractivity contribution in [1.82, 2.24) is 5.32 Å². The summed E-state index contributed by atoms with van der Waals surface area (Å²) in [6, 6.07) is 13.3. The fourth-order valence-corrected chi connectivity index (χ4v) is 2.62. The number of amides is 3. The third kappa shape index (κ3) is 5.86. The first kappa shape index (κ1) is 18.9. The molecule has 0 heterocycles. The Hall–Kier alpha value is -2.42. The lowest BCUT2D eigenvalue weighted by Gasteiger charge is -2.16. The maximum Gasteiger partial charge on any atom is 0.252 e. The molecule has 7 heteroatoms. The predicted molar refractivity (Wildman–Crippen MR) is 104 cm³/mol. The Kier molecular flexibility index (Phi) is 6.51. The fourth-order valence-electron chi connectivity index (χ4n) is 2.26. The Morgan fingerprint density at radius 1 is 1.12 bits per heavy atom. The van der Waals surface area contributed by atoms with E-state index in [0.29, 0.717) is 17.7 Å². The molecule has 0 aromatic heterocycles. The van der Waals surface area contributed by atoms with Crippen molar-refractivity contribution in [1.29, 1.82) is 0 Å². The van der Waals surface area contributed by atoms with E-state index in [1.807, 2.05) is 24.3 Å². The quantitative estimate of drug-likeness (QED) is 0.587. The van der Waals surface area contributed by atoms with Gasteiger partial charge in [0.15, 0.2) is 0 Å². The maximum absolute atomic E-state index is 12.4. The molecule has 130 valence electrons. The molecule has 0 bridgehead atoms. The second kappa shape index (κ2) is 8.61. The minimum atomic E-state index is -0.822. The second-order valence-corrected chi connectivity index (χ2v) is 6.77. The first-order valence-electron chi connectivity index (χ1n) is 7.57. The lowest BCUT2D eigenvalue weighted by molar-refractivity contribution is -0.119. The zero-order valence-corrected chi connectivity index (χ0v) is 15.7. The van der Waals surface area contributed by atoms with Crippen molar-refractivity contribution < 1.29 is 14.4 Å². The van der Waals surface area contributed by atoms with Crippen LogP contribution in [0.2, 0.25) is 0 Å². The summed E-state index contributed by atoms with van der Waals surface area (Å²) < 4.78 is 1.08. The summed E-state index contributed by atoms with van der Waals surface area (Å²) in [5, 5.41) is 5.26. The smallest absolute Gasteiger partial charge is 0.252 e. The van der Waals surface area contributed by atoms with Gasteiger partial charge in [0.2, 0.25) is 11.8 Å². The maximum atomic E-state index is 12.4. The van der Waals surface area contributed by atoms with Crippen molar-refractivity contribution in [3.63, 3.8) is 0 Å². The number of primary amides is 1. The number of nitrogens with one attached hydrogen (secondary N) is 2. The van der Waals surface area contributed by atoms with Gasteiger partial charge in [-0.05, 0) is 58.5 Å². The SMILES string of the molecule is CC(=O)Nc1cccc(C(=O)N[C@H](Cc2ccc(I)cc2)C(N)=O)c1. The summed E-state index contributed by atoms with van der Waals surface area (Å²) in [5.41, 5.74) is 7.17. The van der Waals surface area contributed by atoms with Gasteiger partial charge in [0, 0.05) is 28.2 Å². The number of halogens is 1.